The summed E-state index contributed by atoms with van der Waals surface area (Å²) in [4.78, 5) is 18.0. The van der Waals surface area contributed by atoms with E-state index in [1.807, 2.05) is 30.3 Å². The van der Waals surface area contributed by atoms with Gasteiger partial charge in [0.2, 0.25) is 0 Å². The van der Waals surface area contributed by atoms with Crippen LogP contribution in [0.15, 0.2) is 53.1 Å². The molecule has 0 unspecified atom stereocenters. The van der Waals surface area contributed by atoms with Gasteiger partial charge in [0.15, 0.2) is 0 Å². The Bertz CT molecular complexity index is 865. The van der Waals surface area contributed by atoms with Gasteiger partial charge in [-0.05, 0) is 55.3 Å². The molecule has 0 saturated carbocycles. The van der Waals surface area contributed by atoms with E-state index in [1.165, 1.54) is 0 Å². The van der Waals surface area contributed by atoms with Gasteiger partial charge in [-0.15, -0.1) is 0 Å². The zero-order chi connectivity index (χ0) is 16.5. The molecule has 0 aliphatic carbocycles. The Balaban J connectivity index is 1.58. The van der Waals surface area contributed by atoms with E-state index in [2.05, 4.69) is 17.0 Å². The van der Waals surface area contributed by atoms with E-state index < -0.39 is 5.97 Å². The van der Waals surface area contributed by atoms with Crippen LogP contribution >= 0.6 is 0 Å². The minimum Gasteiger partial charge on any atom is -0.481 e. The number of piperidine rings is 1. The highest BCUT2D eigenvalue weighted by molar-refractivity contribution is 5.85. The number of aliphatic carboxylic acids is 1. The van der Waals surface area contributed by atoms with Gasteiger partial charge in [-0.2, -0.15) is 0 Å². The fraction of sp³-hybridized carbons (Fsp3) is 0.263. The number of hydrogen-bond donors (Lipinski definition) is 1. The third-order valence-electron chi connectivity index (χ3n) is 4.65. The van der Waals surface area contributed by atoms with Crippen LogP contribution in [0.2, 0.25) is 0 Å². The van der Waals surface area contributed by atoms with Crippen molar-refractivity contribution in [3.63, 3.8) is 0 Å². The predicted molar refractivity (Wildman–Crippen MR) is 92.0 cm³/mol. The molecule has 1 fully saturated rings. The third-order valence-corrected chi connectivity index (χ3v) is 4.65. The van der Waals surface area contributed by atoms with Crippen molar-refractivity contribution in [2.75, 3.05) is 18.0 Å². The summed E-state index contributed by atoms with van der Waals surface area (Å²) in [6.07, 6.45) is 3.01. The average Bonchev–Trinajstić information content (AvgIpc) is 3.15. The van der Waals surface area contributed by atoms with Crippen molar-refractivity contribution in [3.8, 4) is 11.3 Å². The summed E-state index contributed by atoms with van der Waals surface area (Å²) < 4.78 is 5.44. The van der Waals surface area contributed by atoms with Gasteiger partial charge in [0.05, 0.1) is 17.7 Å². The summed E-state index contributed by atoms with van der Waals surface area (Å²) in [5.74, 6) is 0.845. The zero-order valence-electron chi connectivity index (χ0n) is 13.2. The van der Waals surface area contributed by atoms with E-state index in [0.29, 0.717) is 12.8 Å². The Morgan fingerprint density at radius 3 is 2.71 bits per heavy atom. The number of pyridine rings is 1. The monoisotopic (exact) mass is 322 g/mol. The Morgan fingerprint density at radius 1 is 1.17 bits per heavy atom. The molecule has 0 amide bonds. The third kappa shape index (κ3) is 2.73. The number of rotatable bonds is 3. The van der Waals surface area contributed by atoms with Crippen molar-refractivity contribution >= 4 is 22.7 Å². The molecule has 5 heteroatoms. The van der Waals surface area contributed by atoms with Crippen molar-refractivity contribution in [2.24, 2.45) is 5.92 Å². The van der Waals surface area contributed by atoms with E-state index in [0.717, 1.165) is 41.1 Å². The van der Waals surface area contributed by atoms with Crippen LogP contribution in [0.25, 0.3) is 22.2 Å². The van der Waals surface area contributed by atoms with Crippen LogP contribution in [0.5, 0.6) is 0 Å². The van der Waals surface area contributed by atoms with E-state index in [9.17, 15) is 4.79 Å². The maximum absolute atomic E-state index is 11.1. The second kappa shape index (κ2) is 6.00. The summed E-state index contributed by atoms with van der Waals surface area (Å²) in [5, 5.41) is 10.2. The van der Waals surface area contributed by atoms with Crippen LogP contribution in [-0.2, 0) is 4.79 Å². The minimum atomic E-state index is -0.688. The zero-order valence-corrected chi connectivity index (χ0v) is 13.2. The van der Waals surface area contributed by atoms with E-state index in [1.54, 1.807) is 6.26 Å². The largest absolute Gasteiger partial charge is 0.481 e. The lowest BCUT2D eigenvalue weighted by atomic mass is 9.97. The van der Waals surface area contributed by atoms with Gasteiger partial charge in [-0.25, -0.2) is 4.98 Å². The summed E-state index contributed by atoms with van der Waals surface area (Å²) in [6, 6.07) is 14.0. The maximum Gasteiger partial charge on any atom is 0.306 e. The molecule has 2 aromatic heterocycles. The van der Waals surface area contributed by atoms with Crippen molar-refractivity contribution < 1.29 is 14.3 Å². The fourth-order valence-electron chi connectivity index (χ4n) is 3.24. The predicted octanol–water partition coefficient (Wildman–Crippen LogP) is 3.80. The molecule has 3 heterocycles. The number of carbonyl (C=O) groups is 1. The SMILES string of the molecule is O=C(O)C1CCN(c2ccc3cc(-c4ccco4)ccc3n2)CC1. The fourth-order valence-corrected chi connectivity index (χ4v) is 3.24. The van der Waals surface area contributed by atoms with Crippen molar-refractivity contribution in [1.29, 1.82) is 0 Å². The lowest BCUT2D eigenvalue weighted by molar-refractivity contribution is -0.142. The molecule has 5 nitrogen and oxygen atoms in total. The van der Waals surface area contributed by atoms with Crippen LogP contribution in [0.3, 0.4) is 0 Å². The van der Waals surface area contributed by atoms with Gasteiger partial charge in [-0.3, -0.25) is 4.79 Å². The van der Waals surface area contributed by atoms with Crippen molar-refractivity contribution in [2.45, 2.75) is 12.8 Å². The second-order valence-corrected chi connectivity index (χ2v) is 6.15. The first-order valence-corrected chi connectivity index (χ1v) is 8.13. The average molecular weight is 322 g/mol. The molecule has 1 N–H and O–H groups in total. The molecule has 0 radical (unpaired) electrons. The molecule has 0 bridgehead atoms. The molecule has 1 aliphatic rings. The van der Waals surface area contributed by atoms with Crippen LogP contribution in [-0.4, -0.2) is 29.1 Å². The number of anilines is 1. The van der Waals surface area contributed by atoms with Gasteiger partial charge in [0.25, 0.3) is 0 Å². The topological polar surface area (TPSA) is 66.6 Å². The van der Waals surface area contributed by atoms with Crippen LogP contribution < -0.4 is 4.90 Å². The number of furan rings is 1. The van der Waals surface area contributed by atoms with E-state index in [-0.39, 0.29) is 5.92 Å². The maximum atomic E-state index is 11.1. The molecular weight excluding hydrogens is 304 g/mol. The number of carboxylic acid groups (broad SMARTS) is 1. The first-order chi connectivity index (χ1) is 11.7. The lowest BCUT2D eigenvalue weighted by Crippen LogP contribution is -2.36. The highest BCUT2D eigenvalue weighted by atomic mass is 16.4. The van der Waals surface area contributed by atoms with Crippen LogP contribution in [0.4, 0.5) is 5.82 Å². The first-order valence-electron chi connectivity index (χ1n) is 8.13. The van der Waals surface area contributed by atoms with Crippen molar-refractivity contribution in [1.82, 2.24) is 4.98 Å². The molecule has 122 valence electrons. The Morgan fingerprint density at radius 2 is 2.00 bits per heavy atom. The van der Waals surface area contributed by atoms with Crippen molar-refractivity contribution in [3.05, 3.63) is 48.7 Å². The molecule has 1 aliphatic heterocycles. The number of fused-ring (bicyclic) bond motifs is 1. The number of carboxylic acids is 1. The van der Waals surface area contributed by atoms with E-state index >= 15 is 0 Å². The minimum absolute atomic E-state index is 0.224. The molecule has 0 spiro atoms. The van der Waals surface area contributed by atoms with Gasteiger partial charge in [-0.1, -0.05) is 0 Å². The normalized spacial score (nSPS) is 15.8. The molecule has 24 heavy (non-hydrogen) atoms. The van der Waals surface area contributed by atoms with Crippen LogP contribution in [0, 0.1) is 5.92 Å². The Labute approximate surface area is 139 Å². The quantitative estimate of drug-likeness (QED) is 0.794. The van der Waals surface area contributed by atoms with Gasteiger partial charge in [0.1, 0.15) is 11.6 Å². The molecule has 1 saturated heterocycles. The lowest BCUT2D eigenvalue weighted by Gasteiger charge is -2.31. The molecular formula is C19H18N2O3. The highest BCUT2D eigenvalue weighted by Crippen LogP contribution is 2.27. The summed E-state index contributed by atoms with van der Waals surface area (Å²) in [6.45, 7) is 1.47. The van der Waals surface area contributed by atoms with Gasteiger partial charge in [0, 0.05) is 24.0 Å². The first kappa shape index (κ1) is 14.8. The number of nitrogens with zero attached hydrogens (tertiary/aromatic N) is 2. The Kier molecular flexibility index (Phi) is 3.69. The smallest absolute Gasteiger partial charge is 0.306 e. The summed E-state index contributed by atoms with van der Waals surface area (Å²) in [5.41, 5.74) is 1.97. The van der Waals surface area contributed by atoms with Crippen LogP contribution in [0.1, 0.15) is 12.8 Å². The molecule has 0 atom stereocenters. The summed E-state index contributed by atoms with van der Waals surface area (Å²) in [7, 11) is 0. The summed E-state index contributed by atoms with van der Waals surface area (Å²) >= 11 is 0. The van der Waals surface area contributed by atoms with Gasteiger partial charge >= 0.3 is 5.97 Å². The second-order valence-electron chi connectivity index (χ2n) is 6.15. The van der Waals surface area contributed by atoms with E-state index in [4.69, 9.17) is 14.5 Å². The number of hydrogen-bond acceptors (Lipinski definition) is 4. The van der Waals surface area contributed by atoms with Gasteiger partial charge < -0.3 is 14.4 Å². The number of benzene rings is 1. The molecule has 1 aromatic carbocycles. The standard InChI is InChI=1S/C19H18N2O3/c22-19(23)13-7-9-21(10-8-13)18-6-4-14-12-15(3-5-16(14)20-18)17-2-1-11-24-17/h1-6,11-13H,7-10H2,(H,22,23). The molecule has 3 aromatic rings. The highest BCUT2D eigenvalue weighted by Gasteiger charge is 2.25. The molecule has 4 rings (SSSR count). The Hall–Kier alpha value is -2.82. The number of aromatic nitrogens is 1.